The van der Waals surface area contributed by atoms with Crippen LogP contribution in [0.3, 0.4) is 0 Å². The van der Waals surface area contributed by atoms with E-state index in [1.165, 1.54) is 0 Å². The predicted molar refractivity (Wildman–Crippen MR) is 58.2 cm³/mol. The normalized spacial score (nSPS) is 14.8. The van der Waals surface area contributed by atoms with Crippen molar-refractivity contribution < 1.29 is 23.3 Å². The van der Waals surface area contributed by atoms with Crippen LogP contribution in [-0.4, -0.2) is 48.8 Å². The van der Waals surface area contributed by atoms with Crippen LogP contribution in [-0.2, 0) is 7.59 Å². The molecule has 3 radical (unpaired) electrons. The maximum atomic E-state index is 9.85. The molecule has 0 unspecified atom stereocenters. The zero-order valence-corrected chi connectivity index (χ0v) is 12.0. The van der Waals surface area contributed by atoms with Crippen LogP contribution in [0.2, 0.25) is 32.7 Å². The third kappa shape index (κ3) is 10.7. The predicted octanol–water partition coefficient (Wildman–Crippen LogP) is -0.567. The van der Waals surface area contributed by atoms with E-state index in [0.717, 1.165) is 0 Å². The molecule has 0 aliphatic rings. The molecule has 5 nitrogen and oxygen atoms in total. The second-order valence-corrected chi connectivity index (χ2v) is 14.4. The Morgan fingerprint density at radius 2 is 1.46 bits per heavy atom. The maximum Gasteiger partial charge on any atom is -0.412 e. The molecule has 0 atom stereocenters. The van der Waals surface area contributed by atoms with Gasteiger partial charge in [0, 0.05) is 0 Å². The van der Waals surface area contributed by atoms with E-state index in [-0.39, 0.29) is 11.0 Å². The molecular formula is C5H20AlO5Si2-2. The monoisotopic (exact) mass is 243 g/mol. The van der Waals surface area contributed by atoms with Crippen LogP contribution in [0.4, 0.5) is 0 Å². The fourth-order valence-electron chi connectivity index (χ4n) is 0.898. The fraction of sp³-hybridized carbons (Fsp3) is 1.00. The SMILES string of the molecule is C[Si](C)(C)O[Si-](C)(C)(O)[O][Al-].O.O. The summed E-state index contributed by atoms with van der Waals surface area (Å²) in [4.78, 5) is 9.85. The molecule has 0 amide bonds. The molecule has 0 saturated heterocycles. The van der Waals surface area contributed by atoms with Crippen LogP contribution in [0.25, 0.3) is 0 Å². The summed E-state index contributed by atoms with van der Waals surface area (Å²) >= 11 is 2.07. The second-order valence-electron chi connectivity index (χ2n) is 4.36. The molecular weight excluding hydrogens is 223 g/mol. The van der Waals surface area contributed by atoms with Crippen LogP contribution < -0.4 is 0 Å². The minimum absolute atomic E-state index is 0. The minimum Gasteiger partial charge on any atom is -0.412 e. The molecule has 0 fully saturated rings. The van der Waals surface area contributed by atoms with Gasteiger partial charge in [-0.05, 0) is 0 Å². The largest absolute Gasteiger partial charge is 0.412 e. The van der Waals surface area contributed by atoms with Crippen LogP contribution in [0.15, 0.2) is 0 Å². The Kier molecular flexibility index (Phi) is 7.47. The Hall–Kier alpha value is 0.766. The van der Waals surface area contributed by atoms with E-state index in [4.69, 9.17) is 7.59 Å². The molecule has 0 rings (SSSR count). The summed E-state index contributed by atoms with van der Waals surface area (Å²) in [6.07, 6.45) is 0. The van der Waals surface area contributed by atoms with E-state index in [1.807, 2.05) is 19.6 Å². The third-order valence-corrected chi connectivity index (χ3v) is 8.41. The van der Waals surface area contributed by atoms with Crippen molar-refractivity contribution in [3.8, 4) is 0 Å². The van der Waals surface area contributed by atoms with Gasteiger partial charge in [-0.1, -0.05) is 0 Å². The number of rotatable bonds is 3. The van der Waals surface area contributed by atoms with E-state index in [2.05, 4.69) is 16.6 Å². The van der Waals surface area contributed by atoms with E-state index in [9.17, 15) is 4.80 Å². The summed E-state index contributed by atoms with van der Waals surface area (Å²) in [5, 5.41) is 0. The van der Waals surface area contributed by atoms with Crippen molar-refractivity contribution in [2.45, 2.75) is 32.7 Å². The van der Waals surface area contributed by atoms with Crippen molar-refractivity contribution in [1.82, 2.24) is 0 Å². The van der Waals surface area contributed by atoms with Gasteiger partial charge in [0.05, 0.1) is 0 Å². The van der Waals surface area contributed by atoms with Crippen LogP contribution in [0, 0.1) is 0 Å². The quantitative estimate of drug-likeness (QED) is 0.672. The van der Waals surface area contributed by atoms with E-state index >= 15 is 0 Å². The molecule has 5 N–H and O–H groups in total. The average Bonchev–Trinajstić information content (AvgIpc) is 1.57. The number of hydrogen-bond donors (Lipinski definition) is 1. The van der Waals surface area contributed by atoms with Crippen molar-refractivity contribution in [1.29, 1.82) is 0 Å². The summed E-state index contributed by atoms with van der Waals surface area (Å²) in [5.74, 6) is 0. The van der Waals surface area contributed by atoms with Crippen LogP contribution in [0.1, 0.15) is 0 Å². The van der Waals surface area contributed by atoms with Crippen molar-refractivity contribution in [3.63, 3.8) is 0 Å². The Balaban J connectivity index is -0.000000500. The first-order valence-electron chi connectivity index (χ1n) is 3.57. The molecule has 0 aromatic rings. The van der Waals surface area contributed by atoms with Gasteiger partial charge in [0.2, 0.25) is 0 Å². The summed E-state index contributed by atoms with van der Waals surface area (Å²) in [6, 6.07) is 0. The smallest absolute Gasteiger partial charge is 0.412 e. The zero-order chi connectivity index (χ0) is 9.36. The topological polar surface area (TPSA) is 102 Å². The molecule has 0 spiro atoms. The summed E-state index contributed by atoms with van der Waals surface area (Å²) in [6.45, 7) is 9.35. The van der Waals surface area contributed by atoms with Crippen LogP contribution >= 0.6 is 0 Å². The van der Waals surface area contributed by atoms with Gasteiger partial charge in [-0.25, -0.2) is 0 Å². The van der Waals surface area contributed by atoms with Gasteiger partial charge in [-0.3, -0.25) is 0 Å². The molecule has 8 heteroatoms. The summed E-state index contributed by atoms with van der Waals surface area (Å²) in [5.41, 5.74) is 0. The van der Waals surface area contributed by atoms with Gasteiger partial charge in [0.1, 0.15) is 0 Å². The van der Waals surface area contributed by atoms with E-state index < -0.39 is 16.4 Å². The Labute approximate surface area is 89.3 Å². The van der Waals surface area contributed by atoms with Gasteiger partial charge < -0.3 is 11.0 Å². The van der Waals surface area contributed by atoms with Gasteiger partial charge in [0.25, 0.3) is 0 Å². The molecule has 0 bridgehead atoms. The first-order chi connectivity index (χ1) is 4.53. The standard InChI is InChI=1S/C5H16O3Si2.Al.2H2O/c1-9(2,3)8-10(4,5,6)7;;;/h6H,1-5H3;;2*1H2/q-2;;;. The van der Waals surface area contributed by atoms with Crippen molar-refractivity contribution in [3.05, 3.63) is 0 Å². The number of hydrogen-bond acceptors (Lipinski definition) is 3. The molecule has 13 heavy (non-hydrogen) atoms. The Bertz CT molecular complexity index is 149. The first kappa shape index (κ1) is 19.4. The van der Waals surface area contributed by atoms with Crippen LogP contribution in [0.5, 0.6) is 0 Å². The zero-order valence-electron chi connectivity index (χ0n) is 8.84. The molecule has 0 aliphatic heterocycles. The van der Waals surface area contributed by atoms with E-state index in [0.29, 0.717) is 0 Å². The summed E-state index contributed by atoms with van der Waals surface area (Å²) < 4.78 is 10.5. The van der Waals surface area contributed by atoms with Gasteiger partial charge in [-0.15, -0.1) is 0 Å². The Morgan fingerprint density at radius 1 is 1.15 bits per heavy atom. The van der Waals surface area contributed by atoms with Gasteiger partial charge >= 0.3 is 78.1 Å². The third-order valence-electron chi connectivity index (χ3n) is 0.934. The molecule has 0 aliphatic carbocycles. The second kappa shape index (κ2) is 5.02. The average molecular weight is 243 g/mol. The minimum atomic E-state index is -3.48. The van der Waals surface area contributed by atoms with Crippen molar-refractivity contribution >= 4 is 33.0 Å². The van der Waals surface area contributed by atoms with Crippen molar-refractivity contribution in [2.75, 3.05) is 0 Å². The van der Waals surface area contributed by atoms with E-state index in [1.54, 1.807) is 13.1 Å². The Morgan fingerprint density at radius 3 is 1.54 bits per heavy atom. The van der Waals surface area contributed by atoms with Crippen molar-refractivity contribution in [2.24, 2.45) is 0 Å². The molecule has 0 aromatic heterocycles. The summed E-state index contributed by atoms with van der Waals surface area (Å²) in [7, 11) is -5.19. The molecule has 83 valence electrons. The fourth-order valence-corrected chi connectivity index (χ4v) is 8.52. The van der Waals surface area contributed by atoms with Gasteiger partial charge in [0.15, 0.2) is 0 Å². The maximum absolute atomic E-state index is 9.85. The molecule has 0 saturated carbocycles. The first-order valence-corrected chi connectivity index (χ1v) is 10.7. The molecule has 0 aromatic carbocycles. The molecule has 0 heterocycles. The van der Waals surface area contributed by atoms with Gasteiger partial charge in [-0.2, -0.15) is 0 Å².